The molecule has 0 saturated heterocycles. The van der Waals surface area contributed by atoms with Gasteiger partial charge in [-0.1, -0.05) is 0 Å². The van der Waals surface area contributed by atoms with Gasteiger partial charge in [0.25, 0.3) is 0 Å². The van der Waals surface area contributed by atoms with E-state index in [2.05, 4.69) is 9.97 Å². The van der Waals surface area contributed by atoms with Gasteiger partial charge in [0.2, 0.25) is 5.95 Å². The Morgan fingerprint density at radius 2 is 2.07 bits per heavy atom. The molecule has 0 amide bonds. The van der Waals surface area contributed by atoms with Crippen LogP contribution in [0.1, 0.15) is 36.8 Å². The molecule has 0 spiro atoms. The minimum absolute atomic E-state index is 0.0708. The Labute approximate surface area is 88.7 Å². The summed E-state index contributed by atoms with van der Waals surface area (Å²) < 4.78 is 5.17. The van der Waals surface area contributed by atoms with Gasteiger partial charge in [-0.15, -0.1) is 0 Å². The number of esters is 1. The number of aromatic nitrogens is 2. The number of aryl methyl sites for hydroxylation is 1. The standard InChI is InChI=1S/C10H15N3O2/c1-6-5-12-9(11)13-7(6)8(14)15-10(2,3)4/h5H,1-4H3,(H2,11,12,13). The van der Waals surface area contributed by atoms with Gasteiger partial charge in [0.15, 0.2) is 5.69 Å². The van der Waals surface area contributed by atoms with Gasteiger partial charge >= 0.3 is 5.97 Å². The monoisotopic (exact) mass is 209 g/mol. The maximum absolute atomic E-state index is 11.7. The molecule has 0 aromatic carbocycles. The summed E-state index contributed by atoms with van der Waals surface area (Å²) in [6.07, 6.45) is 1.50. The van der Waals surface area contributed by atoms with Gasteiger partial charge in [0.1, 0.15) is 5.60 Å². The first kappa shape index (κ1) is 11.4. The lowest BCUT2D eigenvalue weighted by atomic mass is 10.2. The van der Waals surface area contributed by atoms with E-state index >= 15 is 0 Å². The zero-order valence-corrected chi connectivity index (χ0v) is 9.37. The van der Waals surface area contributed by atoms with Crippen LogP contribution >= 0.6 is 0 Å². The van der Waals surface area contributed by atoms with Gasteiger partial charge in [0.05, 0.1) is 0 Å². The zero-order valence-electron chi connectivity index (χ0n) is 9.37. The van der Waals surface area contributed by atoms with Crippen LogP contribution in [0, 0.1) is 6.92 Å². The van der Waals surface area contributed by atoms with Gasteiger partial charge < -0.3 is 10.5 Å². The summed E-state index contributed by atoms with van der Waals surface area (Å²) in [5.74, 6) is -0.407. The number of ether oxygens (including phenoxy) is 1. The van der Waals surface area contributed by atoms with E-state index in [1.54, 1.807) is 27.7 Å². The second-order valence-corrected chi connectivity index (χ2v) is 4.26. The van der Waals surface area contributed by atoms with Crippen LogP contribution in [0.3, 0.4) is 0 Å². The third kappa shape index (κ3) is 3.19. The maximum Gasteiger partial charge on any atom is 0.357 e. The Morgan fingerprint density at radius 3 is 2.60 bits per heavy atom. The second-order valence-electron chi connectivity index (χ2n) is 4.26. The van der Waals surface area contributed by atoms with E-state index in [4.69, 9.17) is 10.5 Å². The molecule has 5 nitrogen and oxygen atoms in total. The summed E-state index contributed by atoms with van der Waals surface area (Å²) in [5.41, 5.74) is 5.73. The van der Waals surface area contributed by atoms with Crippen molar-refractivity contribution < 1.29 is 9.53 Å². The maximum atomic E-state index is 11.7. The Kier molecular flexibility index (Phi) is 2.93. The van der Waals surface area contributed by atoms with E-state index in [1.807, 2.05) is 0 Å². The van der Waals surface area contributed by atoms with Crippen LogP contribution in [0.25, 0.3) is 0 Å². The zero-order chi connectivity index (χ0) is 11.6. The molecule has 1 aromatic rings. The molecule has 0 radical (unpaired) electrons. The molecule has 1 heterocycles. The molecule has 1 aromatic heterocycles. The number of carbonyl (C=O) groups is 1. The Bertz CT molecular complexity index is 383. The highest BCUT2D eigenvalue weighted by molar-refractivity contribution is 5.89. The highest BCUT2D eigenvalue weighted by Crippen LogP contribution is 2.13. The first-order valence-electron chi connectivity index (χ1n) is 4.62. The number of nitrogens with two attached hydrogens (primary N) is 1. The van der Waals surface area contributed by atoms with Crippen molar-refractivity contribution in [2.75, 3.05) is 5.73 Å². The molecule has 1 rings (SSSR count). The van der Waals surface area contributed by atoms with Crippen molar-refractivity contribution in [3.8, 4) is 0 Å². The third-order valence-corrected chi connectivity index (χ3v) is 1.58. The van der Waals surface area contributed by atoms with Crippen LogP contribution in [-0.2, 0) is 4.74 Å². The fraction of sp³-hybridized carbons (Fsp3) is 0.500. The molecule has 0 unspecified atom stereocenters. The van der Waals surface area contributed by atoms with Crippen molar-refractivity contribution >= 4 is 11.9 Å². The van der Waals surface area contributed by atoms with Crippen LogP contribution in [0.15, 0.2) is 6.20 Å². The number of anilines is 1. The minimum Gasteiger partial charge on any atom is -0.455 e. The molecular weight excluding hydrogens is 194 g/mol. The van der Waals surface area contributed by atoms with E-state index in [1.165, 1.54) is 6.20 Å². The van der Waals surface area contributed by atoms with E-state index in [0.29, 0.717) is 5.56 Å². The number of nitrogens with zero attached hydrogens (tertiary/aromatic N) is 2. The summed E-state index contributed by atoms with van der Waals surface area (Å²) >= 11 is 0. The predicted molar refractivity (Wildman–Crippen MR) is 56.3 cm³/mol. The largest absolute Gasteiger partial charge is 0.455 e. The molecule has 0 aliphatic carbocycles. The van der Waals surface area contributed by atoms with Crippen LogP contribution in [0.4, 0.5) is 5.95 Å². The number of nitrogen functional groups attached to an aromatic ring is 1. The molecule has 15 heavy (non-hydrogen) atoms. The highest BCUT2D eigenvalue weighted by atomic mass is 16.6. The average molecular weight is 209 g/mol. The van der Waals surface area contributed by atoms with Crippen molar-refractivity contribution in [3.05, 3.63) is 17.5 Å². The van der Waals surface area contributed by atoms with E-state index in [9.17, 15) is 4.79 Å². The van der Waals surface area contributed by atoms with Crippen LogP contribution in [0.5, 0.6) is 0 Å². The van der Waals surface area contributed by atoms with Gasteiger partial charge in [-0.2, -0.15) is 0 Å². The number of hydrogen-bond donors (Lipinski definition) is 1. The lowest BCUT2D eigenvalue weighted by Gasteiger charge is -2.19. The average Bonchev–Trinajstić information content (AvgIpc) is 2.06. The normalized spacial score (nSPS) is 11.2. The lowest BCUT2D eigenvalue weighted by Crippen LogP contribution is -2.25. The number of hydrogen-bond acceptors (Lipinski definition) is 5. The van der Waals surface area contributed by atoms with E-state index in [-0.39, 0.29) is 11.6 Å². The fourth-order valence-electron chi connectivity index (χ4n) is 0.989. The summed E-state index contributed by atoms with van der Waals surface area (Å²) in [7, 11) is 0. The molecule has 0 aliphatic heterocycles. The molecule has 0 bridgehead atoms. The van der Waals surface area contributed by atoms with Crippen LogP contribution < -0.4 is 5.73 Å². The summed E-state index contributed by atoms with van der Waals surface area (Å²) in [4.78, 5) is 19.3. The SMILES string of the molecule is Cc1cnc(N)nc1C(=O)OC(C)(C)C. The van der Waals surface area contributed by atoms with Crippen molar-refractivity contribution in [1.82, 2.24) is 9.97 Å². The van der Waals surface area contributed by atoms with E-state index < -0.39 is 11.6 Å². The van der Waals surface area contributed by atoms with Crippen LogP contribution in [-0.4, -0.2) is 21.5 Å². The molecule has 82 valence electrons. The quantitative estimate of drug-likeness (QED) is 0.706. The summed E-state index contributed by atoms with van der Waals surface area (Å²) in [5, 5.41) is 0. The van der Waals surface area contributed by atoms with Crippen molar-refractivity contribution in [3.63, 3.8) is 0 Å². The predicted octanol–water partition coefficient (Wildman–Crippen LogP) is 1.32. The van der Waals surface area contributed by atoms with Crippen molar-refractivity contribution in [1.29, 1.82) is 0 Å². The van der Waals surface area contributed by atoms with Gasteiger partial charge in [0, 0.05) is 11.8 Å². The first-order valence-corrected chi connectivity index (χ1v) is 4.62. The van der Waals surface area contributed by atoms with Gasteiger partial charge in [-0.05, 0) is 27.7 Å². The minimum atomic E-state index is -0.538. The topological polar surface area (TPSA) is 78.1 Å². The lowest BCUT2D eigenvalue weighted by molar-refractivity contribution is 0.00619. The molecule has 0 saturated carbocycles. The van der Waals surface area contributed by atoms with E-state index in [0.717, 1.165) is 0 Å². The molecular formula is C10H15N3O2. The molecule has 2 N–H and O–H groups in total. The van der Waals surface area contributed by atoms with Gasteiger partial charge in [-0.3, -0.25) is 0 Å². The molecule has 0 atom stereocenters. The smallest absolute Gasteiger partial charge is 0.357 e. The third-order valence-electron chi connectivity index (χ3n) is 1.58. The Balaban J connectivity index is 2.96. The van der Waals surface area contributed by atoms with Crippen LogP contribution in [0.2, 0.25) is 0 Å². The highest BCUT2D eigenvalue weighted by Gasteiger charge is 2.20. The summed E-state index contributed by atoms with van der Waals surface area (Å²) in [6.45, 7) is 7.12. The Hall–Kier alpha value is -1.65. The van der Waals surface area contributed by atoms with Crippen molar-refractivity contribution in [2.45, 2.75) is 33.3 Å². The number of rotatable bonds is 1. The first-order chi connectivity index (χ1) is 6.79. The van der Waals surface area contributed by atoms with Gasteiger partial charge in [-0.25, -0.2) is 14.8 Å². The fourth-order valence-corrected chi connectivity index (χ4v) is 0.989. The molecule has 5 heteroatoms. The Morgan fingerprint density at radius 1 is 1.47 bits per heavy atom. The molecule has 0 fully saturated rings. The second kappa shape index (κ2) is 3.84. The molecule has 0 aliphatic rings. The van der Waals surface area contributed by atoms with Crippen molar-refractivity contribution in [2.24, 2.45) is 0 Å². The number of carbonyl (C=O) groups excluding carboxylic acids is 1. The summed E-state index contributed by atoms with van der Waals surface area (Å²) in [6, 6.07) is 0.